The van der Waals surface area contributed by atoms with Crippen LogP contribution in [0.1, 0.15) is 0 Å². The zero-order valence-electron chi connectivity index (χ0n) is 12.9. The molecule has 0 N–H and O–H groups in total. The minimum atomic E-state index is -3.79. The van der Waals surface area contributed by atoms with Crippen LogP contribution in [0.15, 0.2) is 84.3 Å². The Hall–Kier alpha value is -2.30. The average Bonchev–Trinajstić information content (AvgIpc) is 2.60. The Labute approximate surface area is 146 Å². The van der Waals surface area contributed by atoms with E-state index < -0.39 is 10.0 Å². The van der Waals surface area contributed by atoms with Gasteiger partial charge in [0.25, 0.3) is 10.0 Å². The van der Waals surface area contributed by atoms with Crippen molar-refractivity contribution in [2.75, 3.05) is 10.8 Å². The van der Waals surface area contributed by atoms with Gasteiger partial charge in [-0.15, -0.1) is 6.58 Å². The van der Waals surface area contributed by atoms with Crippen molar-refractivity contribution in [3.63, 3.8) is 0 Å². The molecule has 0 heterocycles. The van der Waals surface area contributed by atoms with Gasteiger partial charge in [0.15, 0.2) is 0 Å². The Bertz CT molecular complexity index is 979. The molecule has 0 aliphatic heterocycles. The van der Waals surface area contributed by atoms with Gasteiger partial charge in [-0.05, 0) is 29.7 Å². The predicted octanol–water partition coefficient (Wildman–Crippen LogP) is 4.87. The monoisotopic (exact) mass is 357 g/mol. The maximum absolute atomic E-state index is 13.3. The molecule has 3 aromatic carbocycles. The molecule has 0 aliphatic rings. The predicted molar refractivity (Wildman–Crippen MR) is 100 cm³/mol. The maximum Gasteiger partial charge on any atom is 0.265 e. The number of nitrogens with zero attached hydrogens (tertiary/aromatic N) is 1. The Morgan fingerprint density at radius 3 is 2.29 bits per heavy atom. The molecule has 0 saturated heterocycles. The smallest absolute Gasteiger partial charge is 0.263 e. The lowest BCUT2D eigenvalue weighted by atomic mass is 10.1. The Balaban J connectivity index is 2.25. The van der Waals surface area contributed by atoms with Crippen molar-refractivity contribution >= 4 is 38.1 Å². The largest absolute Gasteiger partial charge is 0.265 e. The van der Waals surface area contributed by atoms with Crippen LogP contribution in [0, 0.1) is 0 Å². The lowest BCUT2D eigenvalue weighted by Gasteiger charge is -2.24. The third-order valence-corrected chi connectivity index (χ3v) is 5.87. The zero-order valence-corrected chi connectivity index (χ0v) is 14.5. The van der Waals surface area contributed by atoms with Gasteiger partial charge in [0.2, 0.25) is 0 Å². The summed E-state index contributed by atoms with van der Waals surface area (Å²) in [6.07, 6.45) is 1.57. The number of halogens is 1. The van der Waals surface area contributed by atoms with E-state index in [-0.39, 0.29) is 11.4 Å². The Morgan fingerprint density at radius 1 is 0.958 bits per heavy atom. The van der Waals surface area contributed by atoms with Crippen LogP contribution in [0.4, 0.5) is 5.69 Å². The van der Waals surface area contributed by atoms with Crippen molar-refractivity contribution in [3.8, 4) is 0 Å². The minimum Gasteiger partial charge on any atom is -0.263 e. The average molecular weight is 358 g/mol. The van der Waals surface area contributed by atoms with E-state index in [9.17, 15) is 8.42 Å². The number of fused-ring (bicyclic) bond motifs is 1. The maximum atomic E-state index is 13.3. The van der Waals surface area contributed by atoms with Gasteiger partial charge in [0.1, 0.15) is 0 Å². The highest BCUT2D eigenvalue weighted by atomic mass is 35.5. The second kappa shape index (κ2) is 6.67. The summed E-state index contributed by atoms with van der Waals surface area (Å²) in [7, 11) is -3.79. The van der Waals surface area contributed by atoms with E-state index in [1.165, 1.54) is 4.31 Å². The highest BCUT2D eigenvalue weighted by Gasteiger charge is 2.26. The number of para-hydroxylation sites is 1. The van der Waals surface area contributed by atoms with Crippen LogP contribution in [0.5, 0.6) is 0 Å². The molecule has 0 aromatic heterocycles. The van der Waals surface area contributed by atoms with E-state index in [4.69, 9.17) is 11.6 Å². The third kappa shape index (κ3) is 2.90. The van der Waals surface area contributed by atoms with Crippen molar-refractivity contribution in [1.29, 1.82) is 0 Å². The fourth-order valence-electron chi connectivity index (χ4n) is 2.65. The van der Waals surface area contributed by atoms with Crippen LogP contribution >= 0.6 is 11.6 Å². The van der Waals surface area contributed by atoms with E-state index in [0.29, 0.717) is 16.1 Å². The van der Waals surface area contributed by atoms with Crippen LogP contribution in [0.25, 0.3) is 10.8 Å². The summed E-state index contributed by atoms with van der Waals surface area (Å²) in [6.45, 7) is 3.85. The van der Waals surface area contributed by atoms with Crippen molar-refractivity contribution in [2.45, 2.75) is 4.90 Å². The zero-order chi connectivity index (χ0) is 17.2. The van der Waals surface area contributed by atoms with Crippen molar-refractivity contribution in [1.82, 2.24) is 0 Å². The van der Waals surface area contributed by atoms with Crippen molar-refractivity contribution in [3.05, 3.63) is 84.4 Å². The molecule has 122 valence electrons. The molecule has 0 saturated carbocycles. The molecule has 0 atom stereocenters. The first kappa shape index (κ1) is 16.6. The normalized spacial score (nSPS) is 11.4. The van der Waals surface area contributed by atoms with E-state index in [2.05, 4.69) is 6.58 Å². The van der Waals surface area contributed by atoms with Crippen LogP contribution < -0.4 is 4.31 Å². The first-order valence-corrected chi connectivity index (χ1v) is 9.23. The van der Waals surface area contributed by atoms with E-state index in [1.807, 2.05) is 18.2 Å². The van der Waals surface area contributed by atoms with Gasteiger partial charge in [-0.2, -0.15) is 0 Å². The van der Waals surface area contributed by atoms with Gasteiger partial charge < -0.3 is 0 Å². The van der Waals surface area contributed by atoms with Crippen LogP contribution in [0.2, 0.25) is 5.02 Å². The summed E-state index contributed by atoms with van der Waals surface area (Å²) >= 11 is 6.29. The highest BCUT2D eigenvalue weighted by Crippen LogP contribution is 2.33. The highest BCUT2D eigenvalue weighted by molar-refractivity contribution is 7.93. The first-order valence-electron chi connectivity index (χ1n) is 7.41. The summed E-state index contributed by atoms with van der Waals surface area (Å²) in [5, 5.41) is 1.74. The molecule has 24 heavy (non-hydrogen) atoms. The summed E-state index contributed by atoms with van der Waals surface area (Å²) in [4.78, 5) is 0.191. The topological polar surface area (TPSA) is 37.4 Å². The Morgan fingerprint density at radius 2 is 1.62 bits per heavy atom. The number of rotatable bonds is 5. The molecule has 3 aromatic rings. The quantitative estimate of drug-likeness (QED) is 0.610. The molecule has 0 unspecified atom stereocenters. The summed E-state index contributed by atoms with van der Waals surface area (Å²) in [6, 6.07) is 19.5. The van der Waals surface area contributed by atoms with Gasteiger partial charge >= 0.3 is 0 Å². The van der Waals surface area contributed by atoms with Crippen LogP contribution in [-0.2, 0) is 10.0 Å². The number of sulfonamides is 1. The molecular formula is C19H16ClNO2S. The van der Waals surface area contributed by atoms with Crippen molar-refractivity contribution in [2.24, 2.45) is 0 Å². The first-order chi connectivity index (χ1) is 11.6. The lowest BCUT2D eigenvalue weighted by Crippen LogP contribution is -2.31. The molecule has 0 radical (unpaired) electrons. The lowest BCUT2D eigenvalue weighted by molar-refractivity contribution is 0.593. The molecular weight excluding hydrogens is 342 g/mol. The molecule has 3 rings (SSSR count). The molecule has 0 spiro atoms. The van der Waals surface area contributed by atoms with Gasteiger partial charge in [0.05, 0.1) is 17.1 Å². The van der Waals surface area contributed by atoms with E-state index in [0.717, 1.165) is 5.39 Å². The fourth-order valence-corrected chi connectivity index (χ4v) is 4.66. The van der Waals surface area contributed by atoms with Gasteiger partial charge in [-0.25, -0.2) is 8.42 Å². The molecule has 0 bridgehead atoms. The van der Waals surface area contributed by atoms with Gasteiger partial charge in [-0.1, -0.05) is 60.1 Å². The van der Waals surface area contributed by atoms with E-state index in [1.54, 1.807) is 54.6 Å². The SMILES string of the molecule is C=CCN(c1ccccc1)S(=O)(=O)c1cccc2cccc(Cl)c12. The number of anilines is 1. The number of benzene rings is 3. The summed E-state index contributed by atoms with van der Waals surface area (Å²) in [5.41, 5.74) is 0.585. The minimum absolute atomic E-state index is 0.174. The summed E-state index contributed by atoms with van der Waals surface area (Å²) in [5.74, 6) is 0. The molecule has 5 heteroatoms. The summed E-state index contributed by atoms with van der Waals surface area (Å²) < 4.78 is 27.9. The Kier molecular flexibility index (Phi) is 4.60. The second-order valence-electron chi connectivity index (χ2n) is 5.25. The molecule has 0 amide bonds. The fraction of sp³-hybridized carbons (Fsp3) is 0.0526. The number of hydrogen-bond donors (Lipinski definition) is 0. The van der Waals surface area contributed by atoms with Gasteiger partial charge in [-0.3, -0.25) is 4.31 Å². The molecule has 3 nitrogen and oxygen atoms in total. The van der Waals surface area contributed by atoms with Crippen LogP contribution in [-0.4, -0.2) is 15.0 Å². The number of hydrogen-bond acceptors (Lipinski definition) is 2. The van der Waals surface area contributed by atoms with Crippen LogP contribution in [0.3, 0.4) is 0 Å². The second-order valence-corrected chi connectivity index (χ2v) is 7.49. The standard InChI is InChI=1S/C19H16ClNO2S/c1-2-14-21(16-10-4-3-5-11-16)24(22,23)18-13-7-9-15-8-6-12-17(20)19(15)18/h2-13H,1,14H2. The van der Waals surface area contributed by atoms with Crippen molar-refractivity contribution < 1.29 is 8.42 Å². The van der Waals surface area contributed by atoms with Gasteiger partial charge in [0, 0.05) is 10.4 Å². The molecule has 0 aliphatic carbocycles. The van der Waals surface area contributed by atoms with E-state index >= 15 is 0 Å². The molecule has 0 fully saturated rings. The third-order valence-electron chi connectivity index (χ3n) is 3.72.